The summed E-state index contributed by atoms with van der Waals surface area (Å²) in [6.07, 6.45) is 26.4. The number of amides is 1. The highest BCUT2D eigenvalue weighted by molar-refractivity contribution is 5.91. The summed E-state index contributed by atoms with van der Waals surface area (Å²) in [7, 11) is 0. The standard InChI is InChI=1S/C17H17N3O2/c18-17(21)16-14-12-10-8-6-4-2-1-3-5-7-9-11-13-15-22-20-19-16/h1-15H,(H2,18,21)/b3-1-,4-2-,7-5-,8-6-,11-9-,12-10-,15-13-,16-14-,20-19-. The topological polar surface area (TPSA) is 77.0 Å². The summed E-state index contributed by atoms with van der Waals surface area (Å²) in [5.41, 5.74) is 5.17. The second kappa shape index (κ2) is 11.6. The van der Waals surface area contributed by atoms with E-state index in [0.29, 0.717) is 0 Å². The molecule has 112 valence electrons. The van der Waals surface area contributed by atoms with Crippen LogP contribution in [0.5, 0.6) is 0 Å². The number of allylic oxidation sites excluding steroid dienone is 14. The van der Waals surface area contributed by atoms with Gasteiger partial charge in [0.25, 0.3) is 5.91 Å². The van der Waals surface area contributed by atoms with Gasteiger partial charge in [0.15, 0.2) is 5.70 Å². The Morgan fingerprint density at radius 1 is 0.773 bits per heavy atom. The van der Waals surface area contributed by atoms with Crippen LogP contribution in [0.25, 0.3) is 0 Å². The number of carbonyl (C=O) groups is 1. The SMILES string of the molecule is NC(=O)C1=C/C=C\C=C/C=C\C=C/C=C\C=C/C=C\O/N=N\1. The fraction of sp³-hybridized carbons (Fsp3) is 0. The van der Waals surface area contributed by atoms with Crippen molar-refractivity contribution >= 4 is 5.91 Å². The Morgan fingerprint density at radius 2 is 1.23 bits per heavy atom. The summed E-state index contributed by atoms with van der Waals surface area (Å²) in [4.78, 5) is 15.9. The van der Waals surface area contributed by atoms with Crippen molar-refractivity contribution in [1.82, 2.24) is 0 Å². The molecule has 0 aromatic carbocycles. The Bertz CT molecular complexity index is 616. The molecule has 0 unspecified atom stereocenters. The van der Waals surface area contributed by atoms with E-state index in [4.69, 9.17) is 10.6 Å². The number of carbonyl (C=O) groups excluding carboxylic acids is 1. The zero-order chi connectivity index (χ0) is 15.9. The number of primary amides is 1. The smallest absolute Gasteiger partial charge is 0.269 e. The average molecular weight is 295 g/mol. The van der Waals surface area contributed by atoms with Gasteiger partial charge in [0.1, 0.15) is 6.26 Å². The van der Waals surface area contributed by atoms with Crippen molar-refractivity contribution in [1.29, 1.82) is 0 Å². The molecule has 0 fully saturated rings. The molecular weight excluding hydrogens is 278 g/mol. The van der Waals surface area contributed by atoms with E-state index in [1.807, 2.05) is 54.7 Å². The first-order chi connectivity index (χ1) is 10.8. The highest BCUT2D eigenvalue weighted by Gasteiger charge is 2.00. The summed E-state index contributed by atoms with van der Waals surface area (Å²) in [5.74, 6) is -0.689. The van der Waals surface area contributed by atoms with Crippen LogP contribution in [0, 0.1) is 0 Å². The second-order valence-electron chi connectivity index (χ2n) is 3.84. The van der Waals surface area contributed by atoms with Gasteiger partial charge in [-0.25, -0.2) is 0 Å². The zero-order valence-corrected chi connectivity index (χ0v) is 11.9. The third-order valence-electron chi connectivity index (χ3n) is 2.18. The lowest BCUT2D eigenvalue weighted by Crippen LogP contribution is -2.12. The van der Waals surface area contributed by atoms with Gasteiger partial charge < -0.3 is 10.6 Å². The van der Waals surface area contributed by atoms with Crippen molar-refractivity contribution in [3.63, 3.8) is 0 Å². The van der Waals surface area contributed by atoms with Gasteiger partial charge in [0.05, 0.1) is 0 Å². The van der Waals surface area contributed by atoms with Gasteiger partial charge in [-0.05, 0) is 12.2 Å². The second-order valence-corrected chi connectivity index (χ2v) is 3.84. The first-order valence-electron chi connectivity index (χ1n) is 6.54. The van der Waals surface area contributed by atoms with Gasteiger partial charge in [-0.1, -0.05) is 72.9 Å². The van der Waals surface area contributed by atoms with Crippen molar-refractivity contribution in [2.24, 2.45) is 16.1 Å². The molecule has 0 radical (unpaired) electrons. The van der Waals surface area contributed by atoms with Crippen molar-refractivity contribution < 1.29 is 9.63 Å². The zero-order valence-electron chi connectivity index (χ0n) is 11.9. The van der Waals surface area contributed by atoms with E-state index in [2.05, 4.69) is 10.4 Å². The third kappa shape index (κ3) is 8.82. The van der Waals surface area contributed by atoms with Gasteiger partial charge in [-0.15, -0.1) is 5.11 Å². The monoisotopic (exact) mass is 295 g/mol. The van der Waals surface area contributed by atoms with Crippen LogP contribution in [0.3, 0.4) is 0 Å². The van der Waals surface area contributed by atoms with Gasteiger partial charge in [0.2, 0.25) is 0 Å². The van der Waals surface area contributed by atoms with E-state index in [0.717, 1.165) is 0 Å². The fourth-order valence-electron chi connectivity index (χ4n) is 1.19. The molecule has 5 nitrogen and oxygen atoms in total. The molecule has 1 aliphatic heterocycles. The maximum atomic E-state index is 11.2. The highest BCUT2D eigenvalue weighted by Crippen LogP contribution is 1.99. The number of hydrogen-bond donors (Lipinski definition) is 1. The number of nitrogens with two attached hydrogens (primary N) is 1. The van der Waals surface area contributed by atoms with E-state index < -0.39 is 5.91 Å². The molecule has 22 heavy (non-hydrogen) atoms. The molecule has 1 rings (SSSR count). The molecule has 0 bridgehead atoms. The fourth-order valence-corrected chi connectivity index (χ4v) is 1.19. The molecule has 0 aliphatic carbocycles. The van der Waals surface area contributed by atoms with Crippen LogP contribution < -0.4 is 5.73 Å². The van der Waals surface area contributed by atoms with Gasteiger partial charge in [-0.2, -0.15) is 0 Å². The van der Waals surface area contributed by atoms with Crippen molar-refractivity contribution in [3.05, 3.63) is 97.0 Å². The normalized spacial score (nSPS) is 29.7. The molecule has 0 saturated heterocycles. The van der Waals surface area contributed by atoms with E-state index >= 15 is 0 Å². The van der Waals surface area contributed by atoms with Crippen LogP contribution in [0.15, 0.2) is 107 Å². The van der Waals surface area contributed by atoms with Crippen molar-refractivity contribution in [3.8, 4) is 0 Å². The number of hydrogen-bond acceptors (Lipinski definition) is 4. The van der Waals surface area contributed by atoms with Crippen molar-refractivity contribution in [2.45, 2.75) is 0 Å². The number of nitrogens with zero attached hydrogens (tertiary/aromatic N) is 2. The molecule has 1 heterocycles. The Kier molecular flexibility index (Phi) is 8.88. The van der Waals surface area contributed by atoms with Crippen LogP contribution in [0.4, 0.5) is 0 Å². The predicted octanol–water partition coefficient (Wildman–Crippen LogP) is 3.60. The quantitative estimate of drug-likeness (QED) is 0.802. The molecule has 0 saturated carbocycles. The predicted molar refractivity (Wildman–Crippen MR) is 87.2 cm³/mol. The van der Waals surface area contributed by atoms with Gasteiger partial charge >= 0.3 is 0 Å². The molecule has 0 aromatic rings. The minimum absolute atomic E-state index is 0.00656. The van der Waals surface area contributed by atoms with Crippen LogP contribution in [0.1, 0.15) is 0 Å². The largest absolute Gasteiger partial charge is 0.364 e. The lowest BCUT2D eigenvalue weighted by Gasteiger charge is -1.91. The first kappa shape index (κ1) is 16.8. The lowest BCUT2D eigenvalue weighted by molar-refractivity contribution is -0.114. The Hall–Kier alpha value is -3.21. The minimum Gasteiger partial charge on any atom is -0.364 e. The van der Waals surface area contributed by atoms with Gasteiger partial charge in [0, 0.05) is 5.28 Å². The lowest BCUT2D eigenvalue weighted by atomic mass is 10.3. The van der Waals surface area contributed by atoms with E-state index in [1.54, 1.807) is 24.3 Å². The van der Waals surface area contributed by atoms with Crippen molar-refractivity contribution in [2.75, 3.05) is 0 Å². The van der Waals surface area contributed by atoms with Crippen LogP contribution >= 0.6 is 0 Å². The third-order valence-corrected chi connectivity index (χ3v) is 2.18. The maximum Gasteiger partial charge on any atom is 0.269 e. The summed E-state index contributed by atoms with van der Waals surface area (Å²) < 4.78 is 0. The highest BCUT2D eigenvalue weighted by atomic mass is 16.6. The Labute approximate surface area is 129 Å². The summed E-state index contributed by atoms with van der Waals surface area (Å²) >= 11 is 0. The van der Waals surface area contributed by atoms with E-state index in [9.17, 15) is 4.79 Å². The molecule has 0 atom stereocenters. The molecule has 1 amide bonds. The number of rotatable bonds is 1. The molecular formula is C17H17N3O2. The summed E-state index contributed by atoms with van der Waals surface area (Å²) in [5, 5.41) is 7.00. The molecule has 0 spiro atoms. The van der Waals surface area contributed by atoms with Crippen LogP contribution in [0.2, 0.25) is 0 Å². The average Bonchev–Trinajstić information content (AvgIpc) is 2.50. The summed E-state index contributed by atoms with van der Waals surface area (Å²) in [6.45, 7) is 0. The van der Waals surface area contributed by atoms with E-state index in [1.165, 1.54) is 12.3 Å². The van der Waals surface area contributed by atoms with Crippen LogP contribution in [-0.2, 0) is 9.63 Å². The molecule has 0 aromatic heterocycles. The molecule has 2 N–H and O–H groups in total. The molecule has 5 heteroatoms. The van der Waals surface area contributed by atoms with Gasteiger partial charge in [-0.3, -0.25) is 4.79 Å². The van der Waals surface area contributed by atoms with Crippen LogP contribution in [-0.4, -0.2) is 5.91 Å². The summed E-state index contributed by atoms with van der Waals surface area (Å²) in [6, 6.07) is 0. The Balaban J connectivity index is 2.86. The minimum atomic E-state index is -0.689. The maximum absolute atomic E-state index is 11.2. The molecule has 1 aliphatic rings. The Morgan fingerprint density at radius 3 is 1.73 bits per heavy atom. The van der Waals surface area contributed by atoms with E-state index in [-0.39, 0.29) is 5.70 Å². The first-order valence-corrected chi connectivity index (χ1v) is 6.54.